The molecule has 0 aliphatic carbocycles. The van der Waals surface area contributed by atoms with Crippen LogP contribution in [0.25, 0.3) is 11.1 Å². The van der Waals surface area contributed by atoms with Gasteiger partial charge in [0.1, 0.15) is 0 Å². The van der Waals surface area contributed by atoms with Crippen LogP contribution in [0.5, 0.6) is 0 Å². The summed E-state index contributed by atoms with van der Waals surface area (Å²) in [6, 6.07) is 17.9. The molecule has 150 valence electrons. The number of nitrogens with zero attached hydrogens (tertiary/aromatic N) is 1. The van der Waals surface area contributed by atoms with E-state index in [0.717, 1.165) is 32.5 Å². The molecular weight excluding hydrogens is 364 g/mol. The van der Waals surface area contributed by atoms with Crippen molar-refractivity contribution < 1.29 is 4.79 Å². The van der Waals surface area contributed by atoms with Crippen LogP contribution in [0.4, 0.5) is 0 Å². The Balaban J connectivity index is 1.56. The lowest BCUT2D eigenvalue weighted by Crippen LogP contribution is -2.47. The minimum atomic E-state index is -0.314. The van der Waals surface area contributed by atoms with E-state index >= 15 is 0 Å². The van der Waals surface area contributed by atoms with Gasteiger partial charge in [-0.2, -0.15) is 0 Å². The van der Waals surface area contributed by atoms with Gasteiger partial charge < -0.3 is 5.32 Å². The molecule has 1 heterocycles. The zero-order valence-electron chi connectivity index (χ0n) is 17.5. The van der Waals surface area contributed by atoms with E-state index in [1.54, 1.807) is 11.8 Å². The van der Waals surface area contributed by atoms with Gasteiger partial charge in [0.2, 0.25) is 5.91 Å². The van der Waals surface area contributed by atoms with Gasteiger partial charge in [-0.25, -0.2) is 0 Å². The van der Waals surface area contributed by atoms with Crippen molar-refractivity contribution in [2.24, 2.45) is 5.41 Å². The van der Waals surface area contributed by atoms with E-state index in [-0.39, 0.29) is 11.3 Å². The zero-order chi connectivity index (χ0) is 20.1. The van der Waals surface area contributed by atoms with Crippen LogP contribution in [-0.2, 0) is 11.3 Å². The van der Waals surface area contributed by atoms with Crippen LogP contribution < -0.4 is 5.32 Å². The molecule has 0 bridgehead atoms. The summed E-state index contributed by atoms with van der Waals surface area (Å²) in [5, 5.41) is 3.22. The number of carbonyl (C=O) groups excluding carboxylic acids is 1. The number of likely N-dealkylation sites (tertiary alicyclic amines) is 1. The van der Waals surface area contributed by atoms with Crippen molar-refractivity contribution in [1.82, 2.24) is 10.2 Å². The van der Waals surface area contributed by atoms with Gasteiger partial charge in [0, 0.05) is 36.0 Å². The molecule has 3 nitrogen and oxygen atoms in total. The monoisotopic (exact) mass is 396 g/mol. The van der Waals surface area contributed by atoms with Gasteiger partial charge in [-0.05, 0) is 54.0 Å². The van der Waals surface area contributed by atoms with Gasteiger partial charge in [0.25, 0.3) is 0 Å². The summed E-state index contributed by atoms with van der Waals surface area (Å²) in [5.74, 6) is 0.158. The fraction of sp³-hybridized carbons (Fsp3) is 0.458. The van der Waals surface area contributed by atoms with Crippen molar-refractivity contribution in [3.05, 3.63) is 54.1 Å². The molecule has 2 aromatic carbocycles. The minimum Gasteiger partial charge on any atom is -0.353 e. The van der Waals surface area contributed by atoms with Crippen LogP contribution in [0.3, 0.4) is 0 Å². The highest BCUT2D eigenvalue weighted by atomic mass is 32.2. The van der Waals surface area contributed by atoms with Gasteiger partial charge in [-0.3, -0.25) is 9.69 Å². The summed E-state index contributed by atoms with van der Waals surface area (Å²) in [6.45, 7) is 8.94. The molecule has 28 heavy (non-hydrogen) atoms. The van der Waals surface area contributed by atoms with E-state index in [9.17, 15) is 4.79 Å². The second-order valence-electron chi connectivity index (χ2n) is 8.70. The first-order chi connectivity index (χ1) is 13.3. The second kappa shape index (κ2) is 9.15. The summed E-state index contributed by atoms with van der Waals surface area (Å²) in [4.78, 5) is 16.0. The van der Waals surface area contributed by atoms with Gasteiger partial charge in [-0.15, -0.1) is 11.8 Å². The van der Waals surface area contributed by atoms with Crippen LogP contribution in [0, 0.1) is 5.41 Å². The van der Waals surface area contributed by atoms with Gasteiger partial charge >= 0.3 is 0 Å². The minimum absolute atomic E-state index is 0.158. The Morgan fingerprint density at radius 1 is 1.07 bits per heavy atom. The Bertz CT molecular complexity index is 787. The highest BCUT2D eigenvalue weighted by Gasteiger charge is 2.26. The first-order valence-corrected chi connectivity index (χ1v) is 11.3. The number of piperidine rings is 1. The summed E-state index contributed by atoms with van der Waals surface area (Å²) >= 11 is 1.77. The maximum absolute atomic E-state index is 12.2. The van der Waals surface area contributed by atoms with E-state index in [0.29, 0.717) is 6.04 Å². The molecule has 0 atom stereocenters. The molecule has 1 saturated heterocycles. The first kappa shape index (κ1) is 20.9. The molecule has 0 radical (unpaired) electrons. The third-order valence-electron chi connectivity index (χ3n) is 5.36. The van der Waals surface area contributed by atoms with Crippen LogP contribution in [0.2, 0.25) is 0 Å². The van der Waals surface area contributed by atoms with Crippen LogP contribution in [-0.4, -0.2) is 36.2 Å². The molecule has 1 fully saturated rings. The van der Waals surface area contributed by atoms with E-state index in [2.05, 4.69) is 65.0 Å². The lowest BCUT2D eigenvalue weighted by Gasteiger charge is -2.33. The highest BCUT2D eigenvalue weighted by Crippen LogP contribution is 2.25. The third-order valence-corrected chi connectivity index (χ3v) is 6.10. The second-order valence-corrected chi connectivity index (χ2v) is 9.58. The zero-order valence-corrected chi connectivity index (χ0v) is 18.3. The molecule has 1 aliphatic heterocycles. The third kappa shape index (κ3) is 5.62. The molecule has 2 aromatic rings. The summed E-state index contributed by atoms with van der Waals surface area (Å²) in [5.41, 5.74) is 3.58. The van der Waals surface area contributed by atoms with Gasteiger partial charge in [0.05, 0.1) is 0 Å². The van der Waals surface area contributed by atoms with E-state index < -0.39 is 0 Å². The van der Waals surface area contributed by atoms with E-state index in [1.807, 2.05) is 20.8 Å². The Morgan fingerprint density at radius 2 is 1.75 bits per heavy atom. The van der Waals surface area contributed by atoms with Crippen molar-refractivity contribution >= 4 is 17.7 Å². The van der Waals surface area contributed by atoms with Crippen LogP contribution in [0.15, 0.2) is 53.4 Å². The average molecular weight is 397 g/mol. The highest BCUT2D eigenvalue weighted by molar-refractivity contribution is 7.98. The van der Waals surface area contributed by atoms with Gasteiger partial charge in [-0.1, -0.05) is 51.1 Å². The number of thioether (sulfide) groups is 1. The molecule has 0 unspecified atom stereocenters. The normalized spacial score (nSPS) is 16.1. The topological polar surface area (TPSA) is 32.3 Å². The fourth-order valence-electron chi connectivity index (χ4n) is 3.53. The molecule has 0 aromatic heterocycles. The number of nitrogens with one attached hydrogen (secondary N) is 1. The standard InChI is InChI=1S/C24H32N2OS/c1-24(2,3)23(27)25-21-12-14-26(15-13-21)17-18-6-5-7-20(16-18)19-8-10-22(28-4)11-9-19/h5-11,16,21H,12-15,17H2,1-4H3,(H,25,27). The number of hydrogen-bond acceptors (Lipinski definition) is 3. The Kier molecular flexibility index (Phi) is 6.84. The van der Waals surface area contributed by atoms with Crippen molar-refractivity contribution in [2.45, 2.75) is 51.1 Å². The molecule has 3 rings (SSSR count). The van der Waals surface area contributed by atoms with Crippen molar-refractivity contribution in [3.8, 4) is 11.1 Å². The number of benzene rings is 2. The lowest BCUT2D eigenvalue weighted by molar-refractivity contribution is -0.129. The summed E-state index contributed by atoms with van der Waals surface area (Å²) < 4.78 is 0. The molecule has 1 amide bonds. The van der Waals surface area contributed by atoms with E-state index in [1.165, 1.54) is 21.6 Å². The van der Waals surface area contributed by atoms with Crippen molar-refractivity contribution in [2.75, 3.05) is 19.3 Å². The lowest BCUT2D eigenvalue weighted by atomic mass is 9.94. The summed E-state index contributed by atoms with van der Waals surface area (Å²) in [7, 11) is 0. The maximum Gasteiger partial charge on any atom is 0.225 e. The molecule has 0 saturated carbocycles. The molecule has 1 aliphatic rings. The average Bonchev–Trinajstić information content (AvgIpc) is 2.69. The first-order valence-electron chi connectivity index (χ1n) is 10.1. The van der Waals surface area contributed by atoms with Crippen molar-refractivity contribution in [3.63, 3.8) is 0 Å². The van der Waals surface area contributed by atoms with Gasteiger partial charge in [0.15, 0.2) is 0 Å². The molecule has 1 N–H and O–H groups in total. The van der Waals surface area contributed by atoms with Crippen LogP contribution >= 0.6 is 11.8 Å². The molecule has 0 spiro atoms. The Hall–Kier alpha value is -1.78. The Labute approximate surface area is 173 Å². The predicted octanol–water partition coefficient (Wildman–Crippen LogP) is 5.20. The Morgan fingerprint density at radius 3 is 2.36 bits per heavy atom. The largest absolute Gasteiger partial charge is 0.353 e. The smallest absolute Gasteiger partial charge is 0.225 e. The number of carbonyl (C=O) groups is 1. The maximum atomic E-state index is 12.2. The number of amides is 1. The molecule has 4 heteroatoms. The van der Waals surface area contributed by atoms with E-state index in [4.69, 9.17) is 0 Å². The summed E-state index contributed by atoms with van der Waals surface area (Å²) in [6.07, 6.45) is 4.16. The fourth-order valence-corrected chi connectivity index (χ4v) is 3.94. The van der Waals surface area contributed by atoms with Crippen molar-refractivity contribution in [1.29, 1.82) is 0 Å². The molecular formula is C24H32N2OS. The number of hydrogen-bond donors (Lipinski definition) is 1. The van der Waals surface area contributed by atoms with Crippen LogP contribution in [0.1, 0.15) is 39.2 Å². The SMILES string of the molecule is CSc1ccc(-c2cccc(CN3CCC(NC(=O)C(C)(C)C)CC3)c2)cc1. The number of rotatable bonds is 5. The predicted molar refractivity (Wildman–Crippen MR) is 120 cm³/mol. The quantitative estimate of drug-likeness (QED) is 0.705.